The first-order chi connectivity index (χ1) is 17.3. The molecule has 2 aliphatic rings. The maximum atomic E-state index is 14.2. The van der Waals surface area contributed by atoms with E-state index in [2.05, 4.69) is 25.2 Å². The van der Waals surface area contributed by atoms with Gasteiger partial charge >= 0.3 is 0 Å². The lowest BCUT2D eigenvalue weighted by atomic mass is 9.72. The van der Waals surface area contributed by atoms with Crippen molar-refractivity contribution in [3.8, 4) is 11.5 Å². The summed E-state index contributed by atoms with van der Waals surface area (Å²) in [6, 6.07) is 21.8. The molecule has 1 N–H and O–H groups in total. The molecule has 36 heavy (non-hydrogen) atoms. The molecule has 6 heteroatoms. The SMILES string of the molecule is COc1ccc(C2C3C(=O)CC(C)(C)C=C3Nc3ccccc3N2C(=O)c2ccccc2)c(OC)c1. The maximum Gasteiger partial charge on any atom is 0.258 e. The Balaban J connectivity index is 1.81. The quantitative estimate of drug-likeness (QED) is 0.493. The van der Waals surface area contributed by atoms with Gasteiger partial charge in [0.25, 0.3) is 5.91 Å². The number of nitrogens with one attached hydrogen (secondary N) is 1. The van der Waals surface area contributed by atoms with Gasteiger partial charge in [0.1, 0.15) is 17.3 Å². The molecule has 2 atom stereocenters. The Hall–Kier alpha value is -4.06. The van der Waals surface area contributed by atoms with Gasteiger partial charge in [-0.05, 0) is 41.8 Å². The fraction of sp³-hybridized carbons (Fsp3) is 0.267. The van der Waals surface area contributed by atoms with Crippen molar-refractivity contribution in [2.45, 2.75) is 26.3 Å². The summed E-state index contributed by atoms with van der Waals surface area (Å²) in [6.07, 6.45) is 2.51. The number of ether oxygens (including phenoxy) is 2. The molecule has 1 heterocycles. The van der Waals surface area contributed by atoms with Gasteiger partial charge in [-0.15, -0.1) is 0 Å². The number of allylic oxidation sites excluding steroid dienone is 1. The van der Waals surface area contributed by atoms with Crippen molar-refractivity contribution < 1.29 is 19.1 Å². The van der Waals surface area contributed by atoms with Gasteiger partial charge in [0.2, 0.25) is 0 Å². The summed E-state index contributed by atoms with van der Waals surface area (Å²) in [5.74, 6) is 0.482. The van der Waals surface area contributed by atoms with Crippen molar-refractivity contribution in [3.05, 3.63) is 95.7 Å². The molecule has 6 nitrogen and oxygen atoms in total. The number of ketones is 1. The lowest BCUT2D eigenvalue weighted by Crippen LogP contribution is -2.43. The first-order valence-corrected chi connectivity index (χ1v) is 12.0. The van der Waals surface area contributed by atoms with Crippen LogP contribution in [0.2, 0.25) is 0 Å². The van der Waals surface area contributed by atoms with E-state index in [-0.39, 0.29) is 17.1 Å². The topological polar surface area (TPSA) is 67.9 Å². The van der Waals surface area contributed by atoms with Crippen LogP contribution in [-0.4, -0.2) is 25.9 Å². The minimum atomic E-state index is -0.635. The highest BCUT2D eigenvalue weighted by atomic mass is 16.5. The molecule has 3 aromatic carbocycles. The Morgan fingerprint density at radius 3 is 2.42 bits per heavy atom. The van der Waals surface area contributed by atoms with Gasteiger partial charge < -0.3 is 14.8 Å². The smallest absolute Gasteiger partial charge is 0.258 e. The van der Waals surface area contributed by atoms with Gasteiger partial charge in [-0.2, -0.15) is 0 Å². The lowest BCUT2D eigenvalue weighted by Gasteiger charge is -2.39. The number of benzene rings is 3. The molecule has 1 aliphatic carbocycles. The average Bonchev–Trinajstić information content (AvgIpc) is 3.01. The summed E-state index contributed by atoms with van der Waals surface area (Å²) in [6.45, 7) is 4.12. The Labute approximate surface area is 211 Å². The number of methoxy groups -OCH3 is 2. The zero-order valence-corrected chi connectivity index (χ0v) is 20.9. The number of carbonyl (C=O) groups excluding carboxylic acids is 2. The van der Waals surface area contributed by atoms with E-state index in [4.69, 9.17) is 9.47 Å². The number of rotatable bonds is 4. The second kappa shape index (κ2) is 9.19. The van der Waals surface area contributed by atoms with Gasteiger partial charge in [-0.1, -0.05) is 50.3 Å². The second-order valence-electron chi connectivity index (χ2n) is 9.95. The van der Waals surface area contributed by atoms with Gasteiger partial charge in [-0.3, -0.25) is 14.5 Å². The Bertz CT molecular complexity index is 1350. The molecule has 3 aromatic rings. The van der Waals surface area contributed by atoms with Crippen molar-refractivity contribution in [3.63, 3.8) is 0 Å². The van der Waals surface area contributed by atoms with E-state index in [1.807, 2.05) is 54.6 Å². The fourth-order valence-electron chi connectivity index (χ4n) is 5.34. The van der Waals surface area contributed by atoms with Crippen molar-refractivity contribution in [2.24, 2.45) is 11.3 Å². The van der Waals surface area contributed by atoms with Crippen molar-refractivity contribution in [1.29, 1.82) is 0 Å². The molecule has 0 radical (unpaired) electrons. The number of nitrogens with zero attached hydrogens (tertiary/aromatic N) is 1. The minimum absolute atomic E-state index is 0.0755. The number of para-hydroxylation sites is 2. The van der Waals surface area contributed by atoms with E-state index in [9.17, 15) is 9.59 Å². The second-order valence-corrected chi connectivity index (χ2v) is 9.95. The summed E-state index contributed by atoms with van der Waals surface area (Å²) in [5.41, 5.74) is 3.26. The molecular formula is C30H30N2O4. The minimum Gasteiger partial charge on any atom is -0.497 e. The van der Waals surface area contributed by atoms with Crippen LogP contribution in [0.4, 0.5) is 11.4 Å². The van der Waals surface area contributed by atoms with E-state index >= 15 is 0 Å². The highest BCUT2D eigenvalue weighted by Gasteiger charge is 2.47. The number of amides is 1. The third-order valence-corrected chi connectivity index (χ3v) is 6.89. The van der Waals surface area contributed by atoms with Crippen molar-refractivity contribution >= 4 is 23.1 Å². The number of hydrogen-bond donors (Lipinski definition) is 1. The highest BCUT2D eigenvalue weighted by Crippen LogP contribution is 2.50. The zero-order valence-electron chi connectivity index (χ0n) is 20.9. The van der Waals surface area contributed by atoms with Gasteiger partial charge in [0.15, 0.2) is 0 Å². The van der Waals surface area contributed by atoms with Crippen LogP contribution in [0.5, 0.6) is 11.5 Å². The van der Waals surface area contributed by atoms with E-state index in [0.29, 0.717) is 29.2 Å². The summed E-state index contributed by atoms with van der Waals surface area (Å²) in [7, 11) is 3.19. The normalized spacial score (nSPS) is 20.3. The summed E-state index contributed by atoms with van der Waals surface area (Å²) in [5, 5.41) is 3.52. The molecule has 0 spiro atoms. The number of carbonyl (C=O) groups is 2. The van der Waals surface area contributed by atoms with Crippen LogP contribution in [0, 0.1) is 11.3 Å². The third kappa shape index (κ3) is 4.13. The lowest BCUT2D eigenvalue weighted by molar-refractivity contribution is -0.124. The monoisotopic (exact) mass is 482 g/mol. The van der Waals surface area contributed by atoms with E-state index in [0.717, 1.165) is 16.9 Å². The predicted octanol–water partition coefficient (Wildman–Crippen LogP) is 6.02. The van der Waals surface area contributed by atoms with Crippen LogP contribution in [0.25, 0.3) is 0 Å². The molecule has 0 saturated carbocycles. The van der Waals surface area contributed by atoms with E-state index < -0.39 is 12.0 Å². The van der Waals surface area contributed by atoms with Gasteiger partial charge in [0.05, 0.1) is 37.6 Å². The van der Waals surface area contributed by atoms with Crippen LogP contribution in [-0.2, 0) is 4.79 Å². The number of Topliss-reactive ketones (excluding diaryl/α,β-unsaturated/α-hetero) is 1. The molecule has 184 valence electrons. The maximum absolute atomic E-state index is 14.2. The first kappa shape index (κ1) is 23.7. The fourth-order valence-corrected chi connectivity index (χ4v) is 5.34. The van der Waals surface area contributed by atoms with Gasteiger partial charge in [0, 0.05) is 29.3 Å². The average molecular weight is 483 g/mol. The Kier molecular flexibility index (Phi) is 6.04. The van der Waals surface area contributed by atoms with Gasteiger partial charge in [-0.25, -0.2) is 0 Å². The molecule has 1 aliphatic heterocycles. The molecule has 0 aromatic heterocycles. The van der Waals surface area contributed by atoms with Crippen LogP contribution in [0.3, 0.4) is 0 Å². The summed E-state index contributed by atoms with van der Waals surface area (Å²) in [4.78, 5) is 29.9. The first-order valence-electron chi connectivity index (χ1n) is 12.0. The number of hydrogen-bond acceptors (Lipinski definition) is 5. The Morgan fingerprint density at radius 1 is 0.972 bits per heavy atom. The van der Waals surface area contributed by atoms with Crippen LogP contribution in [0.15, 0.2) is 84.6 Å². The zero-order chi connectivity index (χ0) is 25.4. The molecule has 0 bridgehead atoms. The molecule has 5 rings (SSSR count). The summed E-state index contributed by atoms with van der Waals surface area (Å²) < 4.78 is 11.2. The number of anilines is 2. The van der Waals surface area contributed by atoms with Crippen LogP contribution < -0.4 is 19.7 Å². The summed E-state index contributed by atoms with van der Waals surface area (Å²) >= 11 is 0. The predicted molar refractivity (Wildman–Crippen MR) is 141 cm³/mol. The largest absolute Gasteiger partial charge is 0.497 e. The molecule has 2 unspecified atom stereocenters. The number of fused-ring (bicyclic) bond motifs is 2. The molecule has 1 amide bonds. The standard InChI is InChI=1S/C30H30N2O4/c1-30(2)17-23-27(25(33)18-30)28(21-15-14-20(35-3)16-26(21)36-4)32(24-13-9-8-12-22(24)31-23)29(34)19-10-6-5-7-11-19/h5-17,27-28,31H,18H2,1-4H3. The highest BCUT2D eigenvalue weighted by molar-refractivity contribution is 6.10. The van der Waals surface area contributed by atoms with E-state index in [1.165, 1.54) is 0 Å². The van der Waals surface area contributed by atoms with E-state index in [1.54, 1.807) is 37.3 Å². The van der Waals surface area contributed by atoms with Crippen molar-refractivity contribution in [2.75, 3.05) is 24.4 Å². The van der Waals surface area contributed by atoms with Crippen LogP contribution in [0.1, 0.15) is 42.2 Å². The van der Waals surface area contributed by atoms with Crippen molar-refractivity contribution in [1.82, 2.24) is 0 Å². The Morgan fingerprint density at radius 2 is 1.69 bits per heavy atom. The molecule has 0 fully saturated rings. The van der Waals surface area contributed by atoms with Crippen LogP contribution >= 0.6 is 0 Å². The molecular weight excluding hydrogens is 452 g/mol. The molecule has 0 saturated heterocycles. The third-order valence-electron chi connectivity index (χ3n) is 6.89.